The van der Waals surface area contributed by atoms with Crippen molar-refractivity contribution in [1.29, 1.82) is 0 Å². The lowest BCUT2D eigenvalue weighted by Gasteiger charge is -2.06. The summed E-state index contributed by atoms with van der Waals surface area (Å²) in [6.45, 7) is 0. The Bertz CT molecular complexity index is 93.9. The van der Waals surface area contributed by atoms with Crippen molar-refractivity contribution in [3.8, 4) is 0 Å². The van der Waals surface area contributed by atoms with Crippen LogP contribution in [0.3, 0.4) is 0 Å². The van der Waals surface area contributed by atoms with Crippen LogP contribution in [-0.2, 0) is 14.3 Å². The highest BCUT2D eigenvalue weighted by molar-refractivity contribution is 7.99. The van der Waals surface area contributed by atoms with Crippen LogP contribution in [0.4, 0.5) is 0 Å². The van der Waals surface area contributed by atoms with Gasteiger partial charge in [0, 0.05) is 14.1 Å². The summed E-state index contributed by atoms with van der Waals surface area (Å²) in [7, 11) is 1.96. The third kappa shape index (κ3) is 2.76. The normalized spacial score (nSPS) is 12.7. The third-order valence-corrected chi connectivity index (χ3v) is 2.64. The lowest BCUT2D eigenvalue weighted by atomic mass is 11.3. The van der Waals surface area contributed by atoms with Gasteiger partial charge in [0.25, 0.3) is 0 Å². The van der Waals surface area contributed by atoms with Crippen LogP contribution < -0.4 is 0 Å². The lowest BCUT2D eigenvalue weighted by molar-refractivity contribution is 0.540. The van der Waals surface area contributed by atoms with Gasteiger partial charge >= 0.3 is 0 Å². The van der Waals surface area contributed by atoms with Gasteiger partial charge < -0.3 is 0 Å². The Hall–Kier alpha value is 0.110. The van der Waals surface area contributed by atoms with Crippen LogP contribution in [0.2, 0.25) is 0 Å². The molecule has 0 saturated carbocycles. The molecule has 0 rings (SSSR count). The molecule has 0 atom stereocenters. The maximum Gasteiger partial charge on any atom is 0.151 e. The van der Waals surface area contributed by atoms with Crippen molar-refractivity contribution in [1.82, 2.24) is 4.31 Å². The molecule has 0 fully saturated rings. The van der Waals surface area contributed by atoms with E-state index < -0.39 is 10.1 Å². The topological polar surface area (TPSA) is 20.3 Å². The molecule has 44 valence electrons. The molecule has 0 saturated heterocycles. The summed E-state index contributed by atoms with van der Waals surface area (Å²) in [5.41, 5.74) is 0. The van der Waals surface area contributed by atoms with Crippen molar-refractivity contribution >= 4 is 10.1 Å². The zero-order chi connectivity index (χ0) is 6.08. The minimum Gasteiger partial charge on any atom is -0.132 e. The number of hydrogen-bond donors (Lipinski definition) is 0. The van der Waals surface area contributed by atoms with E-state index in [9.17, 15) is 4.21 Å². The molecule has 7 heavy (non-hydrogen) atoms. The van der Waals surface area contributed by atoms with E-state index >= 15 is 0 Å². The van der Waals surface area contributed by atoms with Crippen LogP contribution >= 0.6 is 0 Å². The van der Waals surface area contributed by atoms with E-state index in [2.05, 4.69) is 0 Å². The van der Waals surface area contributed by atoms with Gasteiger partial charge in [0.1, 0.15) is 12.5 Å². The maximum absolute atomic E-state index is 10.8. The number of hydrogen-bond acceptors (Lipinski definition) is 1. The van der Waals surface area contributed by atoms with E-state index in [-0.39, 0.29) is 0 Å². The standard InChI is InChI=1S/C4H12NOS/c1-5(2)7(3,4)6/h1-4H3/q+1. The highest BCUT2D eigenvalue weighted by Gasteiger charge is 2.14. The first-order chi connectivity index (χ1) is 2.94. The van der Waals surface area contributed by atoms with Gasteiger partial charge in [-0.05, 0) is 0 Å². The van der Waals surface area contributed by atoms with Gasteiger partial charge in [-0.15, -0.1) is 4.31 Å². The van der Waals surface area contributed by atoms with Crippen LogP contribution in [0.15, 0.2) is 0 Å². The molecule has 0 aromatic rings. The molecule has 3 heteroatoms. The quantitative estimate of drug-likeness (QED) is 0.456. The van der Waals surface area contributed by atoms with Crippen LogP contribution in [0.5, 0.6) is 0 Å². The van der Waals surface area contributed by atoms with Gasteiger partial charge in [-0.2, -0.15) is 0 Å². The number of nitrogens with zero attached hydrogens (tertiary/aromatic N) is 1. The smallest absolute Gasteiger partial charge is 0.132 e. The first kappa shape index (κ1) is 7.11. The van der Waals surface area contributed by atoms with Crippen LogP contribution in [0, 0.1) is 0 Å². The van der Waals surface area contributed by atoms with E-state index in [1.807, 2.05) is 14.1 Å². The molecule has 0 radical (unpaired) electrons. The Labute approximate surface area is 46.1 Å². The van der Waals surface area contributed by atoms with Crippen LogP contribution in [0.25, 0.3) is 0 Å². The van der Waals surface area contributed by atoms with Crippen molar-refractivity contribution in [2.45, 2.75) is 0 Å². The first-order valence-electron chi connectivity index (χ1n) is 2.06. The van der Waals surface area contributed by atoms with Crippen molar-refractivity contribution in [2.24, 2.45) is 0 Å². The first-order valence-corrected chi connectivity index (χ1v) is 4.39. The molecule has 0 aliphatic heterocycles. The summed E-state index contributed by atoms with van der Waals surface area (Å²) < 4.78 is 12.5. The molecule has 0 N–H and O–H groups in total. The summed E-state index contributed by atoms with van der Waals surface area (Å²) in [6, 6.07) is 0. The fraction of sp³-hybridized carbons (Fsp3) is 1.00. The summed E-state index contributed by atoms with van der Waals surface area (Å²) in [5.74, 6) is 0. The predicted octanol–water partition coefficient (Wildman–Crippen LogP) is 0.222. The zero-order valence-electron chi connectivity index (χ0n) is 5.26. The minimum absolute atomic E-state index is 1.66. The molecule has 0 unspecified atom stereocenters. The number of rotatable bonds is 1. The second kappa shape index (κ2) is 1.92. The SMILES string of the molecule is CN(C)[S+](C)(C)=O. The average molecular weight is 122 g/mol. The van der Waals surface area contributed by atoms with E-state index in [1.165, 1.54) is 0 Å². The Kier molecular flexibility index (Phi) is 1.95. The van der Waals surface area contributed by atoms with Gasteiger partial charge in [-0.1, -0.05) is 4.21 Å². The highest BCUT2D eigenvalue weighted by Crippen LogP contribution is 1.94. The van der Waals surface area contributed by atoms with Crippen LogP contribution in [0.1, 0.15) is 0 Å². The molecule has 0 heterocycles. The monoisotopic (exact) mass is 122 g/mol. The van der Waals surface area contributed by atoms with Crippen molar-refractivity contribution < 1.29 is 4.21 Å². The Morgan fingerprint density at radius 2 is 1.43 bits per heavy atom. The highest BCUT2D eigenvalue weighted by atomic mass is 32.3. The molecule has 0 aromatic heterocycles. The summed E-state index contributed by atoms with van der Waals surface area (Å²) in [5, 5.41) is 0. The molecule has 0 aromatic carbocycles. The van der Waals surface area contributed by atoms with Crippen molar-refractivity contribution in [3.63, 3.8) is 0 Å². The fourth-order valence-electron chi connectivity index (χ4n) is 0. The third-order valence-electron chi connectivity index (χ3n) is 0.879. The van der Waals surface area contributed by atoms with Gasteiger partial charge in [0.15, 0.2) is 10.1 Å². The largest absolute Gasteiger partial charge is 0.151 e. The molecule has 0 bridgehead atoms. The summed E-state index contributed by atoms with van der Waals surface area (Å²) in [6.07, 6.45) is 3.43. The van der Waals surface area contributed by atoms with Crippen molar-refractivity contribution in [2.75, 3.05) is 26.6 Å². The molecule has 0 spiro atoms. The molecule has 0 aliphatic rings. The van der Waals surface area contributed by atoms with E-state index in [0.717, 1.165) is 0 Å². The van der Waals surface area contributed by atoms with Crippen molar-refractivity contribution in [3.05, 3.63) is 0 Å². The second-order valence-corrected chi connectivity index (χ2v) is 5.09. The fourth-order valence-corrected chi connectivity index (χ4v) is 0. The van der Waals surface area contributed by atoms with Crippen LogP contribution in [-0.4, -0.2) is 30.9 Å². The molecule has 0 amide bonds. The van der Waals surface area contributed by atoms with Gasteiger partial charge in [-0.3, -0.25) is 0 Å². The second-order valence-electron chi connectivity index (χ2n) is 1.99. The van der Waals surface area contributed by atoms with Gasteiger partial charge in [0.2, 0.25) is 0 Å². The minimum atomic E-state index is -1.66. The summed E-state index contributed by atoms with van der Waals surface area (Å²) in [4.78, 5) is 0. The van der Waals surface area contributed by atoms with E-state index in [1.54, 1.807) is 16.8 Å². The summed E-state index contributed by atoms with van der Waals surface area (Å²) >= 11 is 0. The molecule has 0 aliphatic carbocycles. The van der Waals surface area contributed by atoms with E-state index in [4.69, 9.17) is 0 Å². The molecule has 2 nitrogen and oxygen atoms in total. The Morgan fingerprint density at radius 3 is 1.43 bits per heavy atom. The maximum atomic E-state index is 10.8. The van der Waals surface area contributed by atoms with Gasteiger partial charge in [0.05, 0.1) is 0 Å². The predicted molar refractivity (Wildman–Crippen MR) is 33.6 cm³/mol. The zero-order valence-corrected chi connectivity index (χ0v) is 6.08. The van der Waals surface area contributed by atoms with Gasteiger partial charge in [-0.25, -0.2) is 0 Å². The average Bonchev–Trinajstić information content (AvgIpc) is 1.31. The molecular weight excluding hydrogens is 110 g/mol. The Balaban J connectivity index is 3.80. The Morgan fingerprint density at radius 1 is 1.29 bits per heavy atom. The molecular formula is C4H12NOS+. The van der Waals surface area contributed by atoms with E-state index in [0.29, 0.717) is 0 Å². The lowest BCUT2D eigenvalue weighted by Crippen LogP contribution is -2.25.